The Morgan fingerprint density at radius 3 is 2.44 bits per heavy atom. The van der Waals surface area contributed by atoms with Gasteiger partial charge >= 0.3 is 0 Å². The zero-order chi connectivity index (χ0) is 25.7. The fourth-order valence-corrected chi connectivity index (χ4v) is 8.97. The van der Waals surface area contributed by atoms with E-state index in [1.807, 2.05) is 30.3 Å². The van der Waals surface area contributed by atoms with Gasteiger partial charge in [0.25, 0.3) is 0 Å². The van der Waals surface area contributed by atoms with Gasteiger partial charge in [0.1, 0.15) is 5.78 Å². The molecule has 4 aliphatic carbocycles. The van der Waals surface area contributed by atoms with Gasteiger partial charge < -0.3 is 0 Å². The van der Waals surface area contributed by atoms with Crippen molar-refractivity contribution >= 4 is 11.6 Å². The summed E-state index contributed by atoms with van der Waals surface area (Å²) in [5, 5.41) is 0. The third kappa shape index (κ3) is 4.27. The number of benzene rings is 1. The molecular formula is C34H46O2. The lowest BCUT2D eigenvalue weighted by Crippen LogP contribution is -2.48. The van der Waals surface area contributed by atoms with E-state index in [9.17, 15) is 9.59 Å². The molecule has 3 fully saturated rings. The Morgan fingerprint density at radius 2 is 1.72 bits per heavy atom. The minimum absolute atomic E-state index is 0.0220. The van der Waals surface area contributed by atoms with E-state index >= 15 is 0 Å². The zero-order valence-electron chi connectivity index (χ0n) is 23.2. The van der Waals surface area contributed by atoms with Gasteiger partial charge in [-0.3, -0.25) is 9.59 Å². The van der Waals surface area contributed by atoms with Crippen molar-refractivity contribution < 1.29 is 9.59 Å². The van der Waals surface area contributed by atoms with Crippen LogP contribution in [-0.2, 0) is 4.79 Å². The van der Waals surface area contributed by atoms with Crippen LogP contribution in [0.4, 0.5) is 0 Å². The van der Waals surface area contributed by atoms with Crippen LogP contribution in [0.3, 0.4) is 0 Å². The molecule has 1 unspecified atom stereocenters. The maximum atomic E-state index is 13.4. The van der Waals surface area contributed by atoms with Gasteiger partial charge in [0.05, 0.1) is 5.92 Å². The van der Waals surface area contributed by atoms with E-state index < -0.39 is 5.92 Å². The smallest absolute Gasteiger partial charge is 0.173 e. The van der Waals surface area contributed by atoms with E-state index in [4.69, 9.17) is 0 Å². The number of carbonyl (C=O) groups is 2. The van der Waals surface area contributed by atoms with Crippen LogP contribution in [-0.4, -0.2) is 11.6 Å². The Hall–Kier alpha value is -1.96. The summed E-state index contributed by atoms with van der Waals surface area (Å²) in [5.74, 6) is 3.17. The molecule has 0 bridgehead atoms. The van der Waals surface area contributed by atoms with Crippen LogP contribution in [0.5, 0.6) is 0 Å². The van der Waals surface area contributed by atoms with E-state index in [-0.39, 0.29) is 17.0 Å². The average Bonchev–Trinajstić information content (AvgIpc) is 3.21. The first-order valence-electron chi connectivity index (χ1n) is 14.7. The minimum atomic E-state index is -0.500. The molecule has 0 radical (unpaired) electrons. The molecule has 0 amide bonds. The first-order chi connectivity index (χ1) is 17.1. The number of rotatable bonds is 7. The molecule has 3 saturated carbocycles. The highest BCUT2D eigenvalue weighted by molar-refractivity contribution is 6.11. The van der Waals surface area contributed by atoms with E-state index in [1.165, 1.54) is 50.5 Å². The lowest BCUT2D eigenvalue weighted by Gasteiger charge is -2.55. The largest absolute Gasteiger partial charge is 0.299 e. The number of Topliss-reactive ketones (excluding diaryl/α,β-unsaturated/α-hetero) is 2. The van der Waals surface area contributed by atoms with Crippen LogP contribution in [0.1, 0.15) is 103 Å². The Kier molecular flexibility index (Phi) is 6.94. The van der Waals surface area contributed by atoms with Crippen LogP contribution in [0.2, 0.25) is 0 Å². The van der Waals surface area contributed by atoms with Crippen molar-refractivity contribution in [3.8, 4) is 0 Å². The summed E-state index contributed by atoms with van der Waals surface area (Å²) < 4.78 is 0. The number of allylic oxidation sites excluding steroid dienone is 4. The third-order valence-electron chi connectivity index (χ3n) is 11.0. The maximum Gasteiger partial charge on any atom is 0.173 e. The van der Waals surface area contributed by atoms with E-state index in [1.54, 1.807) is 5.57 Å². The molecule has 1 aromatic carbocycles. The average molecular weight is 487 g/mol. The molecule has 0 spiro atoms. The highest BCUT2D eigenvalue weighted by atomic mass is 16.2. The second kappa shape index (κ2) is 9.73. The van der Waals surface area contributed by atoms with Gasteiger partial charge in [-0.25, -0.2) is 0 Å². The third-order valence-corrected chi connectivity index (χ3v) is 11.0. The molecule has 5 rings (SSSR count). The second-order valence-electron chi connectivity index (χ2n) is 13.5. The number of ketones is 2. The fourth-order valence-electron chi connectivity index (χ4n) is 8.97. The minimum Gasteiger partial charge on any atom is -0.299 e. The number of carbonyl (C=O) groups excluding carboxylic acids is 2. The molecule has 0 heterocycles. The zero-order valence-corrected chi connectivity index (χ0v) is 23.2. The quantitative estimate of drug-likeness (QED) is 0.285. The lowest BCUT2D eigenvalue weighted by atomic mass is 9.49. The molecule has 7 atom stereocenters. The first kappa shape index (κ1) is 25.7. The summed E-state index contributed by atoms with van der Waals surface area (Å²) in [6, 6.07) is 9.46. The summed E-state index contributed by atoms with van der Waals surface area (Å²) in [5.41, 5.74) is 3.92. The number of hydrogen-bond donors (Lipinski definition) is 0. The molecule has 0 aromatic heterocycles. The molecule has 4 aliphatic rings. The van der Waals surface area contributed by atoms with Gasteiger partial charge in [-0.15, -0.1) is 0 Å². The van der Waals surface area contributed by atoms with Gasteiger partial charge in [0.15, 0.2) is 5.78 Å². The van der Waals surface area contributed by atoms with Crippen LogP contribution in [0.15, 0.2) is 53.6 Å². The molecule has 36 heavy (non-hydrogen) atoms. The lowest BCUT2D eigenvalue weighted by molar-refractivity contribution is -0.124. The van der Waals surface area contributed by atoms with Crippen molar-refractivity contribution in [3.63, 3.8) is 0 Å². The van der Waals surface area contributed by atoms with Crippen LogP contribution in [0.25, 0.3) is 0 Å². The van der Waals surface area contributed by atoms with E-state index in [0.717, 1.165) is 17.8 Å². The van der Waals surface area contributed by atoms with E-state index in [0.29, 0.717) is 35.7 Å². The number of fused-ring (bicyclic) bond motifs is 5. The van der Waals surface area contributed by atoms with Crippen molar-refractivity contribution in [2.75, 3.05) is 0 Å². The topological polar surface area (TPSA) is 34.1 Å². The molecular weight excluding hydrogens is 440 g/mol. The van der Waals surface area contributed by atoms with Gasteiger partial charge in [0.2, 0.25) is 0 Å². The molecule has 2 nitrogen and oxygen atoms in total. The van der Waals surface area contributed by atoms with Gasteiger partial charge in [0, 0.05) is 12.0 Å². The van der Waals surface area contributed by atoms with Gasteiger partial charge in [-0.2, -0.15) is 0 Å². The van der Waals surface area contributed by atoms with Crippen LogP contribution in [0, 0.1) is 46.3 Å². The van der Waals surface area contributed by atoms with Crippen LogP contribution < -0.4 is 0 Å². The summed E-state index contributed by atoms with van der Waals surface area (Å²) in [6.45, 7) is 12.2. The molecule has 0 N–H and O–H groups in total. The van der Waals surface area contributed by atoms with Gasteiger partial charge in [-0.1, -0.05) is 108 Å². The second-order valence-corrected chi connectivity index (χ2v) is 13.5. The molecule has 0 aliphatic heterocycles. The molecule has 2 heteroatoms. The SMILES string of the molecule is CC(C)CCC[C@@H](C)[C@H]1CC[C@H]2C3=CC=C4CC(=O)C(C(=O)c5ccccc5)C[C@]4(C)[C@H]3CC[C@]12C. The van der Waals surface area contributed by atoms with Crippen molar-refractivity contribution in [2.24, 2.45) is 46.3 Å². The molecule has 0 saturated heterocycles. The Morgan fingerprint density at radius 1 is 0.972 bits per heavy atom. The van der Waals surface area contributed by atoms with Crippen LogP contribution >= 0.6 is 0 Å². The Labute approximate surface area is 219 Å². The van der Waals surface area contributed by atoms with E-state index in [2.05, 4.69) is 46.8 Å². The summed E-state index contributed by atoms with van der Waals surface area (Å²) >= 11 is 0. The van der Waals surface area contributed by atoms with Crippen molar-refractivity contribution in [1.29, 1.82) is 0 Å². The highest BCUT2D eigenvalue weighted by Crippen LogP contribution is 2.66. The molecule has 194 valence electrons. The molecule has 1 aromatic rings. The maximum absolute atomic E-state index is 13.4. The van der Waals surface area contributed by atoms with Crippen molar-refractivity contribution in [3.05, 3.63) is 59.2 Å². The highest BCUT2D eigenvalue weighted by Gasteiger charge is 2.58. The fraction of sp³-hybridized carbons (Fsp3) is 0.647. The van der Waals surface area contributed by atoms with Gasteiger partial charge in [-0.05, 0) is 72.5 Å². The van der Waals surface area contributed by atoms with Crippen molar-refractivity contribution in [2.45, 2.75) is 92.4 Å². The monoisotopic (exact) mass is 486 g/mol. The Balaban J connectivity index is 1.37. The summed E-state index contributed by atoms with van der Waals surface area (Å²) in [4.78, 5) is 26.6. The predicted molar refractivity (Wildman–Crippen MR) is 148 cm³/mol. The normalized spacial score (nSPS) is 36.4. The standard InChI is InChI=1S/C34H46O2/c1-22(2)10-9-11-23(3)28-16-17-29-26-15-14-25-20-31(35)27(32(36)24-12-7-6-8-13-24)21-34(25,5)30(26)18-19-33(28,29)4/h6-8,12-15,22-23,27-30H,9-11,16-21H2,1-5H3/t23-,27?,28-,29+,30+,33-,34+/m1/s1. The Bertz CT molecular complexity index is 1060. The summed E-state index contributed by atoms with van der Waals surface area (Å²) in [7, 11) is 0. The number of hydrogen-bond acceptors (Lipinski definition) is 2. The van der Waals surface area contributed by atoms with Crippen molar-refractivity contribution in [1.82, 2.24) is 0 Å². The first-order valence-corrected chi connectivity index (χ1v) is 14.7. The summed E-state index contributed by atoms with van der Waals surface area (Å²) in [6.07, 6.45) is 15.0. The predicted octanol–water partition coefficient (Wildman–Crippen LogP) is 8.63.